The molecule has 0 bridgehead atoms. The molecule has 0 unspecified atom stereocenters. The van der Waals surface area contributed by atoms with Crippen molar-refractivity contribution in [3.05, 3.63) is 0 Å². The van der Waals surface area contributed by atoms with E-state index in [1.165, 1.54) is 0 Å². The maximum Gasteiger partial charge on any atom is 0.242 e. The van der Waals surface area contributed by atoms with Gasteiger partial charge in [-0.25, -0.2) is 8.78 Å². The molecule has 0 aromatic heterocycles. The first-order valence-electron chi connectivity index (χ1n) is 3.72. The van der Waals surface area contributed by atoms with Crippen molar-refractivity contribution in [2.75, 3.05) is 6.54 Å². The molecule has 2 atom stereocenters. The molecule has 0 radical (unpaired) electrons. The second-order valence-corrected chi connectivity index (χ2v) is 2.74. The van der Waals surface area contributed by atoms with E-state index in [1.807, 2.05) is 0 Å². The molecule has 1 rings (SSSR count). The molecule has 1 aliphatic carbocycles. The van der Waals surface area contributed by atoms with Crippen LogP contribution >= 0.6 is 0 Å². The van der Waals surface area contributed by atoms with Gasteiger partial charge >= 0.3 is 0 Å². The topological polar surface area (TPSA) is 29.1 Å². The lowest BCUT2D eigenvalue weighted by atomic mass is 10.3. The third-order valence-corrected chi connectivity index (χ3v) is 1.85. The van der Waals surface area contributed by atoms with Crippen LogP contribution < -0.4 is 5.32 Å². The fourth-order valence-corrected chi connectivity index (χ4v) is 1.10. The summed E-state index contributed by atoms with van der Waals surface area (Å²) in [5, 5.41) is 2.52. The number of halogens is 2. The number of hydrogen-bond acceptors (Lipinski definition) is 1. The molecule has 0 heterocycles. The van der Waals surface area contributed by atoms with E-state index in [-0.39, 0.29) is 5.91 Å². The highest BCUT2D eigenvalue weighted by Crippen LogP contribution is 2.43. The first kappa shape index (κ1) is 8.43. The van der Waals surface area contributed by atoms with Crippen molar-refractivity contribution in [2.45, 2.75) is 19.8 Å². The molecule has 2 nitrogen and oxygen atoms in total. The van der Waals surface area contributed by atoms with E-state index in [0.29, 0.717) is 13.0 Å². The van der Waals surface area contributed by atoms with Crippen molar-refractivity contribution < 1.29 is 13.6 Å². The van der Waals surface area contributed by atoms with E-state index in [4.69, 9.17) is 0 Å². The van der Waals surface area contributed by atoms with Crippen LogP contribution in [0.5, 0.6) is 0 Å². The number of amides is 1. The second kappa shape index (κ2) is 3.15. The second-order valence-electron chi connectivity index (χ2n) is 2.74. The number of rotatable bonds is 3. The van der Waals surface area contributed by atoms with Gasteiger partial charge in [-0.05, 0) is 13.3 Å². The fraction of sp³-hybridized carbons (Fsp3) is 0.857. The van der Waals surface area contributed by atoms with Gasteiger partial charge in [-0.1, -0.05) is 0 Å². The lowest BCUT2D eigenvalue weighted by Gasteiger charge is -1.99. The highest BCUT2D eigenvalue weighted by Gasteiger charge is 2.48. The van der Waals surface area contributed by atoms with Crippen LogP contribution in [0.1, 0.15) is 13.3 Å². The summed E-state index contributed by atoms with van der Waals surface area (Å²) >= 11 is 0. The number of hydrogen-bond donors (Lipinski definition) is 1. The lowest BCUT2D eigenvalue weighted by molar-refractivity contribution is -0.123. The summed E-state index contributed by atoms with van der Waals surface area (Å²) < 4.78 is 23.8. The van der Waals surface area contributed by atoms with Crippen LogP contribution in [0, 0.1) is 11.8 Å². The maximum absolute atomic E-state index is 11.9. The summed E-state index contributed by atoms with van der Waals surface area (Å²) in [5.74, 6) is -1.32. The number of alkyl halides is 2. The summed E-state index contributed by atoms with van der Waals surface area (Å²) in [7, 11) is 0. The zero-order chi connectivity index (χ0) is 8.43. The van der Waals surface area contributed by atoms with Gasteiger partial charge in [0.1, 0.15) is 0 Å². The number of nitrogens with one attached hydrogen (secondary N) is 1. The smallest absolute Gasteiger partial charge is 0.242 e. The van der Waals surface area contributed by atoms with Gasteiger partial charge in [-0.2, -0.15) is 0 Å². The van der Waals surface area contributed by atoms with Crippen LogP contribution in [-0.4, -0.2) is 18.9 Å². The average Bonchev–Trinajstić information content (AvgIpc) is 2.65. The van der Waals surface area contributed by atoms with Crippen molar-refractivity contribution in [1.82, 2.24) is 5.32 Å². The van der Waals surface area contributed by atoms with Gasteiger partial charge in [0.05, 0.1) is 0 Å². The van der Waals surface area contributed by atoms with Gasteiger partial charge in [0.15, 0.2) is 0 Å². The molecule has 0 saturated heterocycles. The standard InChI is InChI=1S/C7H11F2NO/c1-2-10-7(11)5-3-4(5)6(8)9/h4-6H,2-3H2,1H3,(H,10,11)/t4-,5-/m0/s1. The highest BCUT2D eigenvalue weighted by atomic mass is 19.3. The summed E-state index contributed by atoms with van der Waals surface area (Å²) in [4.78, 5) is 10.9. The van der Waals surface area contributed by atoms with Crippen LogP contribution in [0.3, 0.4) is 0 Å². The van der Waals surface area contributed by atoms with E-state index in [9.17, 15) is 13.6 Å². The van der Waals surface area contributed by atoms with E-state index in [0.717, 1.165) is 0 Å². The molecule has 1 amide bonds. The molecule has 0 aliphatic heterocycles. The van der Waals surface area contributed by atoms with E-state index < -0.39 is 18.3 Å². The molecular weight excluding hydrogens is 152 g/mol. The van der Waals surface area contributed by atoms with Gasteiger partial charge in [0.2, 0.25) is 12.3 Å². The quantitative estimate of drug-likeness (QED) is 0.661. The zero-order valence-electron chi connectivity index (χ0n) is 6.31. The van der Waals surface area contributed by atoms with Crippen LogP contribution in [0.2, 0.25) is 0 Å². The molecule has 1 N–H and O–H groups in total. The number of carbonyl (C=O) groups is 1. The minimum absolute atomic E-state index is 0.224. The maximum atomic E-state index is 11.9. The van der Waals surface area contributed by atoms with Crippen molar-refractivity contribution in [1.29, 1.82) is 0 Å². The SMILES string of the molecule is CCNC(=O)[C@H]1C[C@@H]1C(F)F. The lowest BCUT2D eigenvalue weighted by Crippen LogP contribution is -2.25. The predicted octanol–water partition coefficient (Wildman–Crippen LogP) is 1.02. The molecule has 0 spiro atoms. The molecule has 4 heteroatoms. The van der Waals surface area contributed by atoms with Crippen molar-refractivity contribution >= 4 is 5.91 Å². The summed E-state index contributed by atoms with van der Waals surface area (Å²) in [6.07, 6.45) is -1.98. The summed E-state index contributed by atoms with van der Waals surface area (Å²) in [5.41, 5.74) is 0. The average molecular weight is 163 g/mol. The molecule has 1 saturated carbocycles. The Morgan fingerprint density at radius 1 is 1.73 bits per heavy atom. The van der Waals surface area contributed by atoms with E-state index >= 15 is 0 Å². The molecule has 11 heavy (non-hydrogen) atoms. The van der Waals surface area contributed by atoms with Crippen molar-refractivity contribution in [2.24, 2.45) is 11.8 Å². The summed E-state index contributed by atoms with van der Waals surface area (Å²) in [6.45, 7) is 2.29. The van der Waals surface area contributed by atoms with E-state index in [2.05, 4.69) is 5.32 Å². The molecular formula is C7H11F2NO. The monoisotopic (exact) mass is 163 g/mol. The van der Waals surface area contributed by atoms with E-state index in [1.54, 1.807) is 6.92 Å². The Balaban J connectivity index is 2.26. The van der Waals surface area contributed by atoms with Gasteiger partial charge in [-0.15, -0.1) is 0 Å². The Labute approximate surface area is 64.0 Å². The fourth-order valence-electron chi connectivity index (χ4n) is 1.10. The summed E-state index contributed by atoms with van der Waals surface area (Å²) in [6, 6.07) is 0. The van der Waals surface area contributed by atoms with Crippen LogP contribution in [-0.2, 0) is 4.79 Å². The number of carbonyl (C=O) groups excluding carboxylic acids is 1. The van der Waals surface area contributed by atoms with Gasteiger partial charge in [0.25, 0.3) is 0 Å². The molecule has 0 aromatic carbocycles. The Kier molecular flexibility index (Phi) is 2.42. The third-order valence-electron chi connectivity index (χ3n) is 1.85. The van der Waals surface area contributed by atoms with Gasteiger partial charge in [0, 0.05) is 18.4 Å². The van der Waals surface area contributed by atoms with Crippen LogP contribution in [0.25, 0.3) is 0 Å². The molecule has 1 fully saturated rings. The molecule has 1 aliphatic rings. The van der Waals surface area contributed by atoms with Crippen molar-refractivity contribution in [3.8, 4) is 0 Å². The minimum atomic E-state index is -2.33. The minimum Gasteiger partial charge on any atom is -0.356 e. The van der Waals surface area contributed by atoms with Gasteiger partial charge < -0.3 is 5.32 Å². The Morgan fingerprint density at radius 3 is 2.73 bits per heavy atom. The van der Waals surface area contributed by atoms with Gasteiger partial charge in [-0.3, -0.25) is 4.79 Å². The first-order chi connectivity index (χ1) is 5.16. The van der Waals surface area contributed by atoms with Crippen LogP contribution in [0.15, 0.2) is 0 Å². The Morgan fingerprint density at radius 2 is 2.36 bits per heavy atom. The molecule has 0 aromatic rings. The predicted molar refractivity (Wildman–Crippen MR) is 36.3 cm³/mol. The zero-order valence-corrected chi connectivity index (χ0v) is 6.31. The van der Waals surface area contributed by atoms with Crippen molar-refractivity contribution in [3.63, 3.8) is 0 Å². The third kappa shape index (κ3) is 1.88. The largest absolute Gasteiger partial charge is 0.356 e. The normalized spacial score (nSPS) is 28.7. The Bertz CT molecular complexity index is 161. The Hall–Kier alpha value is -0.670. The van der Waals surface area contributed by atoms with Crippen LogP contribution in [0.4, 0.5) is 8.78 Å². The first-order valence-corrected chi connectivity index (χ1v) is 3.72. The highest BCUT2D eigenvalue weighted by molar-refractivity contribution is 5.81. The molecule has 64 valence electrons.